The van der Waals surface area contributed by atoms with Crippen molar-refractivity contribution in [2.24, 2.45) is 0 Å². The number of hydrogen-bond acceptors (Lipinski definition) is 2. The van der Waals surface area contributed by atoms with Gasteiger partial charge in [-0.2, -0.15) is 0 Å². The maximum atomic E-state index is 12.8. The molecule has 0 radical (unpaired) electrons. The van der Waals surface area contributed by atoms with Gasteiger partial charge in [-0.15, -0.1) is 0 Å². The third-order valence-electron chi connectivity index (χ3n) is 3.04. The van der Waals surface area contributed by atoms with Crippen LogP contribution in [0.5, 0.6) is 0 Å². The molecule has 0 aromatic heterocycles. The molecule has 0 bridgehead atoms. The van der Waals surface area contributed by atoms with E-state index in [0.29, 0.717) is 9.79 Å². The molecule has 0 saturated carbocycles. The zero-order valence-electron chi connectivity index (χ0n) is 12.8. The van der Waals surface area contributed by atoms with Crippen LogP contribution < -0.4 is 0 Å². The zero-order valence-corrected chi connectivity index (χ0v) is 14.4. The quantitative estimate of drug-likeness (QED) is 0.854. The average molecular weight is 320 g/mol. The second-order valence-corrected chi connectivity index (χ2v) is 9.56. The third kappa shape index (κ3) is 3.69. The summed E-state index contributed by atoms with van der Waals surface area (Å²) in [6.07, 6.45) is 0. The molecule has 0 aliphatic rings. The predicted molar refractivity (Wildman–Crippen MR) is 88.5 cm³/mol. The van der Waals surface area contributed by atoms with Crippen molar-refractivity contribution in [3.8, 4) is 0 Å². The van der Waals surface area contributed by atoms with Crippen molar-refractivity contribution in [3.63, 3.8) is 0 Å². The van der Waals surface area contributed by atoms with E-state index in [2.05, 4.69) is 0 Å². The SMILES string of the molecule is Cc1ccc(S(=O)c2ccccc2S(=O)C(C)(C)C)cc1. The predicted octanol–water partition coefficient (Wildman–Crippen LogP) is 4.07. The van der Waals surface area contributed by atoms with E-state index in [1.807, 2.05) is 70.2 Å². The van der Waals surface area contributed by atoms with E-state index in [-0.39, 0.29) is 4.75 Å². The van der Waals surface area contributed by atoms with Gasteiger partial charge in [0.1, 0.15) is 0 Å². The summed E-state index contributed by atoms with van der Waals surface area (Å²) in [5.41, 5.74) is 1.13. The molecule has 0 fully saturated rings. The van der Waals surface area contributed by atoms with Crippen molar-refractivity contribution in [2.75, 3.05) is 0 Å². The van der Waals surface area contributed by atoms with E-state index < -0.39 is 21.6 Å². The van der Waals surface area contributed by atoms with Gasteiger partial charge in [0.2, 0.25) is 0 Å². The highest BCUT2D eigenvalue weighted by Gasteiger charge is 2.25. The molecule has 0 aliphatic carbocycles. The molecule has 21 heavy (non-hydrogen) atoms. The summed E-state index contributed by atoms with van der Waals surface area (Å²) in [5, 5.41) is 0. The maximum absolute atomic E-state index is 12.8. The second-order valence-electron chi connectivity index (χ2n) is 5.91. The number of hydrogen-bond donors (Lipinski definition) is 0. The lowest BCUT2D eigenvalue weighted by Crippen LogP contribution is -2.22. The first kappa shape index (κ1) is 16.1. The molecule has 0 spiro atoms. The highest BCUT2D eigenvalue weighted by atomic mass is 32.2. The van der Waals surface area contributed by atoms with Crippen LogP contribution in [-0.4, -0.2) is 13.2 Å². The standard InChI is InChI=1S/C17H20O2S2/c1-13-9-11-14(12-10-13)20(18)15-7-5-6-8-16(15)21(19)17(2,3)4/h5-12H,1-4H3. The van der Waals surface area contributed by atoms with Crippen molar-refractivity contribution in [2.45, 2.75) is 47.1 Å². The fourth-order valence-corrected chi connectivity index (χ4v) is 4.53. The summed E-state index contributed by atoms with van der Waals surface area (Å²) < 4.78 is 25.1. The van der Waals surface area contributed by atoms with Crippen LogP contribution in [-0.2, 0) is 21.6 Å². The van der Waals surface area contributed by atoms with E-state index in [1.54, 1.807) is 6.07 Å². The van der Waals surface area contributed by atoms with Crippen LogP contribution in [0.25, 0.3) is 0 Å². The van der Waals surface area contributed by atoms with E-state index in [4.69, 9.17) is 0 Å². The Morgan fingerprint density at radius 2 is 1.33 bits per heavy atom. The molecule has 4 heteroatoms. The summed E-state index contributed by atoms with van der Waals surface area (Å²) in [7, 11) is -2.52. The third-order valence-corrected chi connectivity index (χ3v) is 6.49. The van der Waals surface area contributed by atoms with Crippen LogP contribution in [0.2, 0.25) is 0 Å². The first-order valence-electron chi connectivity index (χ1n) is 6.80. The molecular weight excluding hydrogens is 300 g/mol. The molecule has 0 N–H and O–H groups in total. The number of benzene rings is 2. The summed E-state index contributed by atoms with van der Waals surface area (Å²) >= 11 is 0. The van der Waals surface area contributed by atoms with Gasteiger partial charge in [0.25, 0.3) is 0 Å². The van der Waals surface area contributed by atoms with Crippen LogP contribution in [0.15, 0.2) is 63.2 Å². The van der Waals surface area contributed by atoms with Gasteiger partial charge in [-0.25, -0.2) is 4.21 Å². The van der Waals surface area contributed by atoms with Crippen molar-refractivity contribution in [1.82, 2.24) is 0 Å². The summed E-state index contributed by atoms with van der Waals surface area (Å²) in [6, 6.07) is 14.9. The van der Waals surface area contributed by atoms with Gasteiger partial charge >= 0.3 is 0 Å². The topological polar surface area (TPSA) is 34.1 Å². The van der Waals surface area contributed by atoms with Crippen LogP contribution >= 0.6 is 0 Å². The Kier molecular flexibility index (Phi) is 4.79. The summed E-state index contributed by atoms with van der Waals surface area (Å²) in [4.78, 5) is 2.03. The van der Waals surface area contributed by atoms with Crippen molar-refractivity contribution in [1.29, 1.82) is 0 Å². The van der Waals surface area contributed by atoms with E-state index in [9.17, 15) is 8.42 Å². The van der Waals surface area contributed by atoms with E-state index in [0.717, 1.165) is 10.5 Å². The van der Waals surface area contributed by atoms with Gasteiger partial charge in [0.15, 0.2) is 0 Å². The zero-order chi connectivity index (χ0) is 15.6. The Labute approximate surface area is 131 Å². The van der Waals surface area contributed by atoms with Gasteiger partial charge in [0, 0.05) is 9.64 Å². The normalized spacial score (nSPS) is 14.7. The Hall–Kier alpha value is -1.26. The van der Waals surface area contributed by atoms with Gasteiger partial charge in [-0.1, -0.05) is 29.8 Å². The molecule has 2 aromatic carbocycles. The van der Waals surface area contributed by atoms with Crippen LogP contribution in [0.3, 0.4) is 0 Å². The first-order chi connectivity index (χ1) is 9.80. The van der Waals surface area contributed by atoms with Gasteiger partial charge < -0.3 is 0 Å². The van der Waals surface area contributed by atoms with Gasteiger partial charge in [-0.05, 0) is 52.0 Å². The lowest BCUT2D eigenvalue weighted by Gasteiger charge is -2.19. The Morgan fingerprint density at radius 3 is 1.86 bits per heavy atom. The summed E-state index contributed by atoms with van der Waals surface area (Å²) in [6.45, 7) is 7.77. The Morgan fingerprint density at radius 1 is 0.810 bits per heavy atom. The van der Waals surface area contributed by atoms with Crippen LogP contribution in [0.4, 0.5) is 0 Å². The monoisotopic (exact) mass is 320 g/mol. The fourth-order valence-electron chi connectivity index (χ4n) is 1.88. The Balaban J connectivity index is 2.47. The van der Waals surface area contributed by atoms with Crippen molar-refractivity contribution < 1.29 is 8.42 Å². The van der Waals surface area contributed by atoms with Gasteiger partial charge in [0.05, 0.1) is 31.4 Å². The van der Waals surface area contributed by atoms with Crippen LogP contribution in [0, 0.1) is 6.92 Å². The lowest BCUT2D eigenvalue weighted by atomic mass is 10.2. The van der Waals surface area contributed by atoms with Crippen molar-refractivity contribution >= 4 is 21.6 Å². The Bertz CT molecular complexity index is 683. The average Bonchev–Trinajstić information content (AvgIpc) is 2.45. The molecule has 2 unspecified atom stereocenters. The lowest BCUT2D eigenvalue weighted by molar-refractivity contribution is 0.645. The van der Waals surface area contributed by atoms with Crippen LogP contribution in [0.1, 0.15) is 26.3 Å². The molecule has 0 saturated heterocycles. The molecule has 0 heterocycles. The fraction of sp³-hybridized carbons (Fsp3) is 0.294. The summed E-state index contributed by atoms with van der Waals surface area (Å²) in [5.74, 6) is 0. The van der Waals surface area contributed by atoms with E-state index in [1.165, 1.54) is 0 Å². The molecule has 2 nitrogen and oxygen atoms in total. The number of aryl methyl sites for hydroxylation is 1. The largest absolute Gasteiger partial charge is 0.254 e. The molecule has 2 aromatic rings. The smallest absolute Gasteiger partial charge is 0.0861 e. The minimum absolute atomic E-state index is 0.381. The molecule has 2 atom stereocenters. The van der Waals surface area contributed by atoms with E-state index >= 15 is 0 Å². The first-order valence-corrected chi connectivity index (χ1v) is 9.10. The molecule has 0 amide bonds. The highest BCUT2D eigenvalue weighted by Crippen LogP contribution is 2.28. The minimum Gasteiger partial charge on any atom is -0.254 e. The molecular formula is C17H20O2S2. The molecule has 0 aliphatic heterocycles. The maximum Gasteiger partial charge on any atom is 0.0861 e. The molecule has 112 valence electrons. The second kappa shape index (κ2) is 6.24. The minimum atomic E-state index is -1.32. The van der Waals surface area contributed by atoms with Crippen molar-refractivity contribution in [3.05, 3.63) is 54.1 Å². The van der Waals surface area contributed by atoms with Gasteiger partial charge in [-0.3, -0.25) is 4.21 Å². The molecule has 2 rings (SSSR count). The number of rotatable bonds is 3. The highest BCUT2D eigenvalue weighted by molar-refractivity contribution is 7.89.